The molecule has 0 saturated heterocycles. The molecule has 0 saturated carbocycles. The molecular weight excluding hydrogens is 222 g/mol. The molecule has 0 spiro atoms. The third-order valence-electron chi connectivity index (χ3n) is 2.36. The van der Waals surface area contributed by atoms with Crippen molar-refractivity contribution >= 4 is 11.9 Å². The van der Waals surface area contributed by atoms with Crippen molar-refractivity contribution < 1.29 is 9.59 Å². The fraction of sp³-hybridized carbons (Fsp3) is 0.500. The number of amides is 3. The Bertz CT molecular complexity index is 401. The molecule has 0 radical (unpaired) electrons. The van der Waals surface area contributed by atoms with Gasteiger partial charge in [-0.2, -0.15) is 0 Å². The lowest BCUT2D eigenvalue weighted by Crippen LogP contribution is -2.46. The van der Waals surface area contributed by atoms with E-state index in [1.807, 2.05) is 23.1 Å². The number of imide groups is 1. The highest BCUT2D eigenvalue weighted by atomic mass is 16.2. The Kier molecular flexibility index (Phi) is 4.65. The predicted octanol–water partition coefficient (Wildman–Crippen LogP) is -0.864. The van der Waals surface area contributed by atoms with Gasteiger partial charge in [-0.05, 0) is 6.92 Å². The molecule has 17 heavy (non-hydrogen) atoms. The lowest BCUT2D eigenvalue weighted by atomic mass is 10.3. The van der Waals surface area contributed by atoms with Crippen LogP contribution in [0.25, 0.3) is 0 Å². The van der Waals surface area contributed by atoms with E-state index in [0.29, 0.717) is 13.0 Å². The van der Waals surface area contributed by atoms with Gasteiger partial charge in [0.15, 0.2) is 0 Å². The molecule has 0 aromatic carbocycles. The number of urea groups is 1. The molecule has 0 aliphatic rings. The summed E-state index contributed by atoms with van der Waals surface area (Å²) in [6.07, 6.45) is 4.29. The molecule has 7 heteroatoms. The van der Waals surface area contributed by atoms with Crippen LogP contribution in [0.4, 0.5) is 4.79 Å². The molecule has 4 N–H and O–H groups in total. The Balaban J connectivity index is 2.29. The Morgan fingerprint density at radius 2 is 2.29 bits per heavy atom. The minimum absolute atomic E-state index is 0.433. The maximum Gasteiger partial charge on any atom is 0.318 e. The Labute approximate surface area is 99.4 Å². The molecule has 0 bridgehead atoms. The lowest BCUT2D eigenvalue weighted by molar-refractivity contribution is -0.121. The molecule has 3 amide bonds. The highest BCUT2D eigenvalue weighted by Gasteiger charge is 2.13. The maximum absolute atomic E-state index is 11.3. The number of nitrogens with zero attached hydrogens (tertiary/aromatic N) is 2. The Hall–Kier alpha value is -1.89. The van der Waals surface area contributed by atoms with Crippen LogP contribution in [0.5, 0.6) is 0 Å². The highest BCUT2D eigenvalue weighted by Crippen LogP contribution is 1.94. The number of aryl methyl sites for hydroxylation is 1. The SMILES string of the molecule is CC(NCCc1nccn1C)C(=O)NC(N)=O. The largest absolute Gasteiger partial charge is 0.351 e. The number of carbonyl (C=O) groups is 2. The minimum Gasteiger partial charge on any atom is -0.351 e. The molecule has 1 heterocycles. The van der Waals surface area contributed by atoms with Gasteiger partial charge in [-0.25, -0.2) is 9.78 Å². The molecule has 7 nitrogen and oxygen atoms in total. The van der Waals surface area contributed by atoms with Crippen LogP contribution in [-0.2, 0) is 18.3 Å². The first-order chi connectivity index (χ1) is 8.00. The third kappa shape index (κ3) is 4.23. The van der Waals surface area contributed by atoms with E-state index in [2.05, 4.69) is 10.3 Å². The van der Waals surface area contributed by atoms with E-state index in [4.69, 9.17) is 5.73 Å². The van der Waals surface area contributed by atoms with Gasteiger partial charge in [0.2, 0.25) is 5.91 Å². The topological polar surface area (TPSA) is 102 Å². The standard InChI is InChI=1S/C10H17N5O2/c1-7(9(16)14-10(11)17)12-4-3-8-13-5-6-15(8)2/h5-7,12H,3-4H2,1-2H3,(H3,11,14,16,17). The fourth-order valence-electron chi connectivity index (χ4n) is 1.36. The van der Waals surface area contributed by atoms with Gasteiger partial charge in [0, 0.05) is 32.4 Å². The summed E-state index contributed by atoms with van der Waals surface area (Å²) in [7, 11) is 1.91. The monoisotopic (exact) mass is 239 g/mol. The molecule has 1 aromatic rings. The number of primary amides is 1. The number of imidazole rings is 1. The van der Waals surface area contributed by atoms with Crippen LogP contribution in [0.3, 0.4) is 0 Å². The second kappa shape index (κ2) is 6.00. The van der Waals surface area contributed by atoms with E-state index in [-0.39, 0.29) is 0 Å². The summed E-state index contributed by atoms with van der Waals surface area (Å²) >= 11 is 0. The van der Waals surface area contributed by atoms with Crippen molar-refractivity contribution in [2.45, 2.75) is 19.4 Å². The first-order valence-electron chi connectivity index (χ1n) is 5.30. The van der Waals surface area contributed by atoms with Crippen molar-refractivity contribution in [3.05, 3.63) is 18.2 Å². The number of hydrogen-bond donors (Lipinski definition) is 3. The van der Waals surface area contributed by atoms with Crippen LogP contribution in [0.1, 0.15) is 12.7 Å². The highest BCUT2D eigenvalue weighted by molar-refractivity contribution is 5.96. The lowest BCUT2D eigenvalue weighted by Gasteiger charge is -2.12. The van der Waals surface area contributed by atoms with Crippen LogP contribution < -0.4 is 16.4 Å². The molecule has 1 rings (SSSR count). The summed E-state index contributed by atoms with van der Waals surface area (Å²) in [4.78, 5) is 25.9. The first-order valence-corrected chi connectivity index (χ1v) is 5.30. The number of nitrogens with two attached hydrogens (primary N) is 1. The number of nitrogens with one attached hydrogen (secondary N) is 2. The molecular formula is C10H17N5O2. The quantitative estimate of drug-likeness (QED) is 0.622. The predicted molar refractivity (Wildman–Crippen MR) is 62.1 cm³/mol. The van der Waals surface area contributed by atoms with Gasteiger partial charge in [-0.3, -0.25) is 10.1 Å². The molecule has 0 aliphatic heterocycles. The zero-order valence-electron chi connectivity index (χ0n) is 9.93. The van der Waals surface area contributed by atoms with Crippen molar-refractivity contribution in [3.8, 4) is 0 Å². The van der Waals surface area contributed by atoms with Gasteiger partial charge in [0.25, 0.3) is 0 Å². The second-order valence-electron chi connectivity index (χ2n) is 3.73. The number of rotatable bonds is 5. The summed E-state index contributed by atoms with van der Waals surface area (Å²) < 4.78 is 1.91. The van der Waals surface area contributed by atoms with Gasteiger partial charge < -0.3 is 15.6 Å². The minimum atomic E-state index is -0.840. The van der Waals surface area contributed by atoms with Gasteiger partial charge in [-0.1, -0.05) is 0 Å². The average molecular weight is 239 g/mol. The zero-order valence-corrected chi connectivity index (χ0v) is 9.93. The van der Waals surface area contributed by atoms with Crippen LogP contribution in [-0.4, -0.2) is 34.1 Å². The molecule has 1 unspecified atom stereocenters. The van der Waals surface area contributed by atoms with E-state index in [9.17, 15) is 9.59 Å². The molecule has 94 valence electrons. The van der Waals surface area contributed by atoms with Gasteiger partial charge >= 0.3 is 6.03 Å². The van der Waals surface area contributed by atoms with E-state index >= 15 is 0 Å². The van der Waals surface area contributed by atoms with Gasteiger partial charge in [0.05, 0.1) is 6.04 Å². The van der Waals surface area contributed by atoms with Crippen LogP contribution in [0.2, 0.25) is 0 Å². The van der Waals surface area contributed by atoms with Crippen molar-refractivity contribution in [2.24, 2.45) is 12.8 Å². The molecule has 1 aromatic heterocycles. The van der Waals surface area contributed by atoms with Crippen molar-refractivity contribution in [1.82, 2.24) is 20.2 Å². The van der Waals surface area contributed by atoms with E-state index in [1.54, 1.807) is 13.1 Å². The molecule has 1 atom stereocenters. The van der Waals surface area contributed by atoms with Crippen molar-refractivity contribution in [3.63, 3.8) is 0 Å². The van der Waals surface area contributed by atoms with E-state index in [1.165, 1.54) is 0 Å². The van der Waals surface area contributed by atoms with Crippen LogP contribution >= 0.6 is 0 Å². The first kappa shape index (κ1) is 13.2. The molecule has 0 aliphatic carbocycles. The number of hydrogen-bond acceptors (Lipinski definition) is 4. The van der Waals surface area contributed by atoms with Gasteiger partial charge in [-0.15, -0.1) is 0 Å². The summed E-state index contributed by atoms with van der Waals surface area (Å²) in [5.41, 5.74) is 4.84. The van der Waals surface area contributed by atoms with Crippen LogP contribution in [0.15, 0.2) is 12.4 Å². The van der Waals surface area contributed by atoms with Crippen molar-refractivity contribution in [2.75, 3.05) is 6.54 Å². The summed E-state index contributed by atoms with van der Waals surface area (Å²) in [5.74, 6) is 0.498. The third-order valence-corrected chi connectivity index (χ3v) is 2.36. The Morgan fingerprint density at radius 3 is 2.82 bits per heavy atom. The Morgan fingerprint density at radius 1 is 1.59 bits per heavy atom. The average Bonchev–Trinajstić information content (AvgIpc) is 2.63. The number of aromatic nitrogens is 2. The normalized spacial score (nSPS) is 12.1. The molecule has 0 fully saturated rings. The van der Waals surface area contributed by atoms with E-state index < -0.39 is 18.0 Å². The van der Waals surface area contributed by atoms with E-state index in [0.717, 1.165) is 5.82 Å². The van der Waals surface area contributed by atoms with Crippen molar-refractivity contribution in [1.29, 1.82) is 0 Å². The zero-order chi connectivity index (χ0) is 12.8. The maximum atomic E-state index is 11.3. The summed E-state index contributed by atoms with van der Waals surface area (Å²) in [5, 5.41) is 4.99. The number of carbonyl (C=O) groups excluding carboxylic acids is 2. The van der Waals surface area contributed by atoms with Gasteiger partial charge in [0.1, 0.15) is 5.82 Å². The smallest absolute Gasteiger partial charge is 0.318 e. The second-order valence-corrected chi connectivity index (χ2v) is 3.73. The fourth-order valence-corrected chi connectivity index (χ4v) is 1.36. The summed E-state index contributed by atoms with van der Waals surface area (Å²) in [6, 6.07) is -1.31. The van der Waals surface area contributed by atoms with Crippen LogP contribution in [0, 0.1) is 0 Å². The summed E-state index contributed by atoms with van der Waals surface area (Å²) in [6.45, 7) is 2.26.